The fourth-order valence-electron chi connectivity index (χ4n) is 6.70. The molecule has 0 nitrogen and oxygen atoms in total. The van der Waals surface area contributed by atoms with Gasteiger partial charge in [0.15, 0.2) is 0 Å². The Labute approximate surface area is 190 Å². The second-order valence-corrected chi connectivity index (χ2v) is 35.8. The molecule has 0 N–H and O–H groups in total. The van der Waals surface area contributed by atoms with Crippen LogP contribution in [0, 0.1) is 0 Å². The van der Waals surface area contributed by atoms with E-state index < -0.39 is 32.3 Å². The summed E-state index contributed by atoms with van der Waals surface area (Å²) in [6.07, 6.45) is 0. The lowest BCUT2D eigenvalue weighted by molar-refractivity contribution is 0.586. The van der Waals surface area contributed by atoms with Gasteiger partial charge in [-0.15, -0.1) is 0 Å². The van der Waals surface area contributed by atoms with Crippen molar-refractivity contribution in [2.75, 3.05) is 0 Å². The highest BCUT2D eigenvalue weighted by Crippen LogP contribution is 2.64. The van der Waals surface area contributed by atoms with Crippen molar-refractivity contribution >= 4 is 43.1 Å². The average molecular weight is 471 g/mol. The van der Waals surface area contributed by atoms with E-state index in [2.05, 4.69) is 115 Å². The molecule has 4 atom stereocenters. The first-order chi connectivity index (χ1) is 13.4. The van der Waals surface area contributed by atoms with Crippen molar-refractivity contribution in [3.8, 4) is 0 Å². The standard InChI is InChI=1S/C26H46Si4/c1-27(2,3)23-21-17-19-15-13-14-16-20(19)18-22(21)24(28(4,5)6)26(30(10,11)12)25(23)29(7,8)9/h13-18,23-26H,1-12H3/t23-,24+,25-,26-/m1/s1. The summed E-state index contributed by atoms with van der Waals surface area (Å²) in [7, 11) is -5.54. The lowest BCUT2D eigenvalue weighted by Crippen LogP contribution is -2.56. The first kappa shape index (κ1) is 24.2. The molecule has 0 amide bonds. The molecule has 1 aliphatic carbocycles. The van der Waals surface area contributed by atoms with Crippen molar-refractivity contribution < 1.29 is 0 Å². The molecule has 166 valence electrons. The third-order valence-electron chi connectivity index (χ3n) is 7.59. The van der Waals surface area contributed by atoms with Crippen molar-refractivity contribution in [3.05, 3.63) is 47.5 Å². The van der Waals surface area contributed by atoms with Gasteiger partial charge in [-0.3, -0.25) is 0 Å². The second kappa shape index (κ2) is 7.57. The van der Waals surface area contributed by atoms with Crippen LogP contribution in [0.5, 0.6) is 0 Å². The molecule has 0 heterocycles. The summed E-state index contributed by atoms with van der Waals surface area (Å²) in [5, 5.41) is 2.91. The van der Waals surface area contributed by atoms with E-state index in [0.29, 0.717) is 0 Å². The molecule has 0 aromatic heterocycles. The van der Waals surface area contributed by atoms with Crippen molar-refractivity contribution in [2.24, 2.45) is 0 Å². The molecule has 0 bridgehead atoms. The predicted molar refractivity (Wildman–Crippen MR) is 150 cm³/mol. The van der Waals surface area contributed by atoms with Crippen LogP contribution >= 0.6 is 0 Å². The highest BCUT2D eigenvalue weighted by Gasteiger charge is 2.57. The Morgan fingerprint density at radius 3 is 1.00 bits per heavy atom. The van der Waals surface area contributed by atoms with E-state index in [0.717, 1.165) is 22.2 Å². The van der Waals surface area contributed by atoms with Gasteiger partial charge in [-0.25, -0.2) is 0 Å². The topological polar surface area (TPSA) is 0 Å². The molecule has 0 spiro atoms. The predicted octanol–water partition coefficient (Wildman–Crippen LogP) is 9.19. The van der Waals surface area contributed by atoms with Gasteiger partial charge >= 0.3 is 0 Å². The minimum atomic E-state index is -1.40. The largest absolute Gasteiger partial charge is 0.0693 e. The Hall–Kier alpha value is -0.432. The minimum Gasteiger partial charge on any atom is -0.0693 e. The van der Waals surface area contributed by atoms with Crippen molar-refractivity contribution in [2.45, 2.75) is 101 Å². The summed E-state index contributed by atoms with van der Waals surface area (Å²) in [5.74, 6) is 0. The van der Waals surface area contributed by atoms with E-state index >= 15 is 0 Å². The summed E-state index contributed by atoms with van der Waals surface area (Å²) < 4.78 is 0. The number of hydrogen-bond acceptors (Lipinski definition) is 0. The molecule has 0 aliphatic heterocycles. The van der Waals surface area contributed by atoms with Crippen molar-refractivity contribution in [3.63, 3.8) is 0 Å². The van der Waals surface area contributed by atoms with Crippen LogP contribution in [-0.2, 0) is 0 Å². The van der Waals surface area contributed by atoms with Gasteiger partial charge in [0.1, 0.15) is 0 Å². The van der Waals surface area contributed by atoms with E-state index in [-0.39, 0.29) is 0 Å². The second-order valence-electron chi connectivity index (χ2n) is 14.3. The maximum absolute atomic E-state index is 2.69. The molecule has 3 rings (SSSR count). The molecule has 0 saturated carbocycles. The van der Waals surface area contributed by atoms with Crippen molar-refractivity contribution in [1.29, 1.82) is 0 Å². The zero-order valence-electron chi connectivity index (χ0n) is 21.8. The van der Waals surface area contributed by atoms with Gasteiger partial charge in [0.2, 0.25) is 0 Å². The number of rotatable bonds is 4. The van der Waals surface area contributed by atoms with Crippen LogP contribution in [0.4, 0.5) is 0 Å². The molecular formula is C26H46Si4. The Balaban J connectivity index is 2.48. The van der Waals surface area contributed by atoms with Crippen LogP contribution < -0.4 is 0 Å². The van der Waals surface area contributed by atoms with Crippen LogP contribution in [-0.4, -0.2) is 32.3 Å². The minimum absolute atomic E-state index is 0.799. The third kappa shape index (κ3) is 4.39. The third-order valence-corrected chi connectivity index (χ3v) is 19.0. The van der Waals surface area contributed by atoms with E-state index in [1.54, 1.807) is 11.1 Å². The molecule has 0 radical (unpaired) electrons. The molecule has 0 fully saturated rings. The Morgan fingerprint density at radius 2 is 0.767 bits per heavy atom. The first-order valence-corrected chi connectivity index (χ1v) is 26.3. The van der Waals surface area contributed by atoms with Crippen molar-refractivity contribution in [1.82, 2.24) is 0 Å². The van der Waals surface area contributed by atoms with E-state index in [4.69, 9.17) is 0 Å². The average Bonchev–Trinajstić information content (AvgIpc) is 2.54. The van der Waals surface area contributed by atoms with Crippen LogP contribution in [0.15, 0.2) is 36.4 Å². The number of benzene rings is 2. The van der Waals surface area contributed by atoms with E-state index in [9.17, 15) is 0 Å². The SMILES string of the molecule is C[Si](C)(C)[C@H]1[C@H]([Si](C)(C)C)[C@@H]([Si](C)(C)C)c2cc3ccccc3cc2[C@H]1[Si](C)(C)C. The smallest absolute Gasteiger partial charge is 0.0521 e. The van der Waals surface area contributed by atoms with Gasteiger partial charge in [0.25, 0.3) is 0 Å². The van der Waals surface area contributed by atoms with Gasteiger partial charge in [-0.2, -0.15) is 0 Å². The summed E-state index contributed by atoms with van der Waals surface area (Å²) in [6.45, 7) is 32.0. The number of fused-ring (bicyclic) bond motifs is 2. The van der Waals surface area contributed by atoms with Crippen LogP contribution in [0.3, 0.4) is 0 Å². The van der Waals surface area contributed by atoms with Crippen LogP contribution in [0.25, 0.3) is 10.8 Å². The molecule has 2 aromatic carbocycles. The molecule has 4 heteroatoms. The van der Waals surface area contributed by atoms with Crippen LogP contribution in [0.1, 0.15) is 22.2 Å². The van der Waals surface area contributed by atoms with Gasteiger partial charge in [-0.05, 0) is 44.1 Å². The summed E-state index contributed by atoms with van der Waals surface area (Å²) in [5.41, 5.74) is 6.97. The molecule has 0 saturated heterocycles. The lowest BCUT2D eigenvalue weighted by atomic mass is 9.87. The molecule has 30 heavy (non-hydrogen) atoms. The maximum Gasteiger partial charge on any atom is 0.0521 e. The summed E-state index contributed by atoms with van der Waals surface area (Å²) in [4.78, 5) is 0. The fourth-order valence-corrected chi connectivity index (χ4v) is 25.9. The summed E-state index contributed by atoms with van der Waals surface area (Å²) >= 11 is 0. The monoisotopic (exact) mass is 470 g/mol. The normalized spacial score (nSPS) is 26.0. The first-order valence-electron chi connectivity index (χ1n) is 12.0. The van der Waals surface area contributed by atoms with Gasteiger partial charge in [-0.1, -0.05) is 115 Å². The van der Waals surface area contributed by atoms with Crippen LogP contribution in [0.2, 0.25) is 89.6 Å². The highest BCUT2D eigenvalue weighted by molar-refractivity contribution is 6.89. The maximum atomic E-state index is 2.69. The Morgan fingerprint density at radius 1 is 0.467 bits per heavy atom. The number of hydrogen-bond donors (Lipinski definition) is 0. The molecular weight excluding hydrogens is 425 g/mol. The zero-order chi connectivity index (χ0) is 22.9. The molecule has 0 unspecified atom stereocenters. The van der Waals surface area contributed by atoms with Gasteiger partial charge in [0.05, 0.1) is 16.1 Å². The zero-order valence-corrected chi connectivity index (χ0v) is 25.8. The van der Waals surface area contributed by atoms with Gasteiger partial charge < -0.3 is 0 Å². The highest BCUT2D eigenvalue weighted by atomic mass is 28.3. The van der Waals surface area contributed by atoms with E-state index in [1.807, 2.05) is 0 Å². The molecule has 2 aromatic rings. The summed E-state index contributed by atoms with van der Waals surface area (Å²) in [6, 6.07) is 14.4. The molecule has 1 aliphatic rings. The fraction of sp³-hybridized carbons (Fsp3) is 0.615. The van der Waals surface area contributed by atoms with Gasteiger partial charge in [0, 0.05) is 16.1 Å². The Kier molecular flexibility index (Phi) is 6.11. The lowest BCUT2D eigenvalue weighted by Gasteiger charge is -2.59. The van der Waals surface area contributed by atoms with E-state index in [1.165, 1.54) is 10.8 Å². The Bertz CT molecular complexity index is 843. The quantitative estimate of drug-likeness (QED) is 0.390.